The Hall–Kier alpha value is -0.120. The number of hydrogen-bond acceptors (Lipinski definition) is 3. The van der Waals surface area contributed by atoms with Crippen LogP contribution in [-0.2, 0) is 0 Å². The van der Waals surface area contributed by atoms with Crippen molar-refractivity contribution in [1.82, 2.24) is 5.32 Å². The first-order chi connectivity index (χ1) is 9.41. The second kappa shape index (κ2) is 17.9. The minimum absolute atomic E-state index is 0.349. The lowest BCUT2D eigenvalue weighted by atomic mass is 10.1. The van der Waals surface area contributed by atoms with Crippen molar-refractivity contribution in [1.29, 1.82) is 0 Å². The van der Waals surface area contributed by atoms with Crippen molar-refractivity contribution in [2.45, 2.75) is 77.0 Å². The second-order valence-electron chi connectivity index (χ2n) is 5.44. The first kappa shape index (κ1) is 18.9. The van der Waals surface area contributed by atoms with Crippen LogP contribution in [0.2, 0.25) is 0 Å². The van der Waals surface area contributed by atoms with Crippen LogP contribution in [0.5, 0.6) is 0 Å². The summed E-state index contributed by atoms with van der Waals surface area (Å²) in [5, 5.41) is 20.8. The van der Waals surface area contributed by atoms with E-state index < -0.39 is 0 Å². The van der Waals surface area contributed by atoms with Gasteiger partial charge in [-0.05, 0) is 38.8 Å². The van der Waals surface area contributed by atoms with Crippen LogP contribution >= 0.6 is 0 Å². The fourth-order valence-corrected chi connectivity index (χ4v) is 2.26. The maximum atomic E-state index is 8.65. The minimum Gasteiger partial charge on any atom is -0.396 e. The average Bonchev–Trinajstić information content (AvgIpc) is 2.43. The minimum atomic E-state index is 0.349. The molecule has 0 rings (SSSR count). The Balaban J connectivity index is 2.88. The molecule has 0 aliphatic rings. The number of hydrogen-bond donors (Lipinski definition) is 3. The van der Waals surface area contributed by atoms with Gasteiger partial charge < -0.3 is 15.5 Å². The number of aliphatic hydroxyl groups excluding tert-OH is 2. The summed E-state index contributed by atoms with van der Waals surface area (Å²) in [6, 6.07) is 0. The molecule has 0 unspecified atom stereocenters. The van der Waals surface area contributed by atoms with Gasteiger partial charge in [0.1, 0.15) is 0 Å². The Morgan fingerprint density at radius 1 is 0.421 bits per heavy atom. The topological polar surface area (TPSA) is 52.5 Å². The van der Waals surface area contributed by atoms with Crippen molar-refractivity contribution in [3.63, 3.8) is 0 Å². The Kier molecular flexibility index (Phi) is 17.8. The molecule has 3 nitrogen and oxygen atoms in total. The lowest BCUT2D eigenvalue weighted by molar-refractivity contribution is 0.282. The molecule has 0 saturated carbocycles. The molecule has 0 radical (unpaired) electrons. The molecule has 0 heterocycles. The molecule has 0 bridgehead atoms. The van der Waals surface area contributed by atoms with E-state index in [-0.39, 0.29) is 0 Å². The van der Waals surface area contributed by atoms with E-state index in [1.165, 1.54) is 64.2 Å². The Morgan fingerprint density at radius 2 is 0.737 bits per heavy atom. The molecular formula is C16H35NO2. The standard InChI is InChI=1S/C16H35NO2/c18-15-11-7-3-1-5-9-13-17-14-10-6-2-4-8-12-16-19/h17-19H,1-16H2. The molecule has 19 heavy (non-hydrogen) atoms. The maximum Gasteiger partial charge on any atom is 0.0431 e. The Labute approximate surface area is 119 Å². The fourth-order valence-electron chi connectivity index (χ4n) is 2.26. The van der Waals surface area contributed by atoms with Gasteiger partial charge in [0.05, 0.1) is 0 Å². The highest BCUT2D eigenvalue weighted by atomic mass is 16.3. The lowest BCUT2D eigenvalue weighted by Gasteiger charge is -2.05. The smallest absolute Gasteiger partial charge is 0.0431 e. The van der Waals surface area contributed by atoms with Gasteiger partial charge >= 0.3 is 0 Å². The molecule has 0 aromatic rings. The van der Waals surface area contributed by atoms with Crippen LogP contribution in [0.3, 0.4) is 0 Å². The van der Waals surface area contributed by atoms with Crippen LogP contribution in [-0.4, -0.2) is 36.5 Å². The summed E-state index contributed by atoms with van der Waals surface area (Å²) in [6.45, 7) is 3.01. The van der Waals surface area contributed by atoms with E-state index in [0.717, 1.165) is 25.9 Å². The van der Waals surface area contributed by atoms with Gasteiger partial charge in [-0.15, -0.1) is 0 Å². The van der Waals surface area contributed by atoms with Crippen LogP contribution in [0.1, 0.15) is 77.0 Å². The summed E-state index contributed by atoms with van der Waals surface area (Å²) in [5.74, 6) is 0. The highest BCUT2D eigenvalue weighted by Gasteiger charge is 1.93. The lowest BCUT2D eigenvalue weighted by Crippen LogP contribution is -2.16. The van der Waals surface area contributed by atoms with E-state index in [1.54, 1.807) is 0 Å². The van der Waals surface area contributed by atoms with Crippen LogP contribution < -0.4 is 5.32 Å². The predicted molar refractivity (Wildman–Crippen MR) is 82.4 cm³/mol. The zero-order valence-corrected chi connectivity index (χ0v) is 12.7. The van der Waals surface area contributed by atoms with Crippen molar-refractivity contribution in [2.24, 2.45) is 0 Å². The SMILES string of the molecule is OCCCCCCCCNCCCCCCCCO. The molecule has 0 spiro atoms. The number of aliphatic hydroxyl groups is 2. The normalized spacial score (nSPS) is 11.1. The van der Waals surface area contributed by atoms with Gasteiger partial charge in [-0.1, -0.05) is 51.4 Å². The summed E-state index contributed by atoms with van der Waals surface area (Å²) >= 11 is 0. The predicted octanol–water partition coefficient (Wildman–Crippen LogP) is 3.24. The van der Waals surface area contributed by atoms with Gasteiger partial charge in [0, 0.05) is 13.2 Å². The first-order valence-electron chi connectivity index (χ1n) is 8.34. The van der Waals surface area contributed by atoms with E-state index in [0.29, 0.717) is 13.2 Å². The van der Waals surface area contributed by atoms with E-state index in [4.69, 9.17) is 10.2 Å². The third-order valence-electron chi connectivity index (χ3n) is 3.52. The maximum absolute atomic E-state index is 8.65. The highest BCUT2D eigenvalue weighted by molar-refractivity contribution is 4.51. The third-order valence-corrected chi connectivity index (χ3v) is 3.52. The first-order valence-corrected chi connectivity index (χ1v) is 8.34. The molecule has 0 atom stereocenters. The largest absolute Gasteiger partial charge is 0.396 e. The monoisotopic (exact) mass is 273 g/mol. The van der Waals surface area contributed by atoms with Crippen molar-refractivity contribution in [2.75, 3.05) is 26.3 Å². The van der Waals surface area contributed by atoms with Crippen LogP contribution in [0, 0.1) is 0 Å². The van der Waals surface area contributed by atoms with Crippen molar-refractivity contribution in [3.05, 3.63) is 0 Å². The molecule has 3 heteroatoms. The molecule has 0 fully saturated rings. The van der Waals surface area contributed by atoms with Gasteiger partial charge in [-0.3, -0.25) is 0 Å². The summed E-state index contributed by atoms with van der Waals surface area (Å²) in [4.78, 5) is 0. The summed E-state index contributed by atoms with van der Waals surface area (Å²) in [6.07, 6.45) is 14.7. The van der Waals surface area contributed by atoms with Gasteiger partial charge in [0.15, 0.2) is 0 Å². The Bertz CT molecular complexity index is 138. The van der Waals surface area contributed by atoms with Crippen molar-refractivity contribution < 1.29 is 10.2 Å². The van der Waals surface area contributed by atoms with Gasteiger partial charge in [0.25, 0.3) is 0 Å². The van der Waals surface area contributed by atoms with E-state index in [2.05, 4.69) is 5.32 Å². The molecular weight excluding hydrogens is 238 g/mol. The summed E-state index contributed by atoms with van der Waals surface area (Å²) in [7, 11) is 0. The van der Waals surface area contributed by atoms with Crippen molar-refractivity contribution >= 4 is 0 Å². The summed E-state index contributed by atoms with van der Waals surface area (Å²) < 4.78 is 0. The van der Waals surface area contributed by atoms with Crippen LogP contribution in [0.25, 0.3) is 0 Å². The van der Waals surface area contributed by atoms with Crippen LogP contribution in [0.15, 0.2) is 0 Å². The molecule has 0 aromatic heterocycles. The average molecular weight is 273 g/mol. The third kappa shape index (κ3) is 17.9. The second-order valence-corrected chi connectivity index (χ2v) is 5.44. The molecule has 0 aromatic carbocycles. The zero-order chi connectivity index (χ0) is 14.0. The van der Waals surface area contributed by atoms with E-state index in [1.807, 2.05) is 0 Å². The molecule has 116 valence electrons. The van der Waals surface area contributed by atoms with Gasteiger partial charge in [0.2, 0.25) is 0 Å². The molecule has 0 amide bonds. The molecule has 0 aliphatic carbocycles. The number of nitrogens with one attached hydrogen (secondary N) is 1. The summed E-state index contributed by atoms with van der Waals surface area (Å²) in [5.41, 5.74) is 0. The fraction of sp³-hybridized carbons (Fsp3) is 1.00. The molecule has 3 N–H and O–H groups in total. The zero-order valence-electron chi connectivity index (χ0n) is 12.7. The molecule has 0 aliphatic heterocycles. The van der Waals surface area contributed by atoms with E-state index >= 15 is 0 Å². The number of rotatable bonds is 16. The van der Waals surface area contributed by atoms with E-state index in [9.17, 15) is 0 Å². The van der Waals surface area contributed by atoms with Gasteiger partial charge in [-0.2, -0.15) is 0 Å². The highest BCUT2D eigenvalue weighted by Crippen LogP contribution is 2.05. The Morgan fingerprint density at radius 3 is 1.11 bits per heavy atom. The molecule has 0 saturated heterocycles. The van der Waals surface area contributed by atoms with Gasteiger partial charge in [-0.25, -0.2) is 0 Å². The quantitative estimate of drug-likeness (QED) is 0.378. The van der Waals surface area contributed by atoms with Crippen molar-refractivity contribution in [3.8, 4) is 0 Å². The van der Waals surface area contributed by atoms with Crippen LogP contribution in [0.4, 0.5) is 0 Å². The number of unbranched alkanes of at least 4 members (excludes halogenated alkanes) is 10.